The molecular weight excluding hydrogens is 320 g/mol. The summed E-state index contributed by atoms with van der Waals surface area (Å²) in [4.78, 5) is 22.8. The van der Waals surface area contributed by atoms with Gasteiger partial charge in [0, 0.05) is 12.8 Å². The van der Waals surface area contributed by atoms with Gasteiger partial charge in [-0.3, -0.25) is 9.59 Å². The Morgan fingerprint density at radius 2 is 1.71 bits per heavy atom. The lowest BCUT2D eigenvalue weighted by molar-refractivity contribution is -0.137. The number of allylic oxidation sites excluding steroid dienone is 1. The van der Waals surface area contributed by atoms with Gasteiger partial charge in [-0.25, -0.2) is 0 Å². The molecule has 24 heavy (non-hydrogen) atoms. The monoisotopic (exact) mass is 354 g/mol. The summed E-state index contributed by atoms with van der Waals surface area (Å²) < 4.78 is 6.53. The van der Waals surface area contributed by atoms with Crippen LogP contribution in [0.15, 0.2) is 11.1 Å². The fraction of sp³-hybridized carbons (Fsp3) is 0.789. The molecule has 4 nitrogen and oxygen atoms in total. The highest BCUT2D eigenvalue weighted by atomic mass is 28.4. The van der Waals surface area contributed by atoms with Crippen LogP contribution in [0.25, 0.3) is 0 Å². The number of carboxylic acids is 1. The molecule has 1 rings (SSSR count). The molecule has 0 saturated heterocycles. The van der Waals surface area contributed by atoms with Crippen LogP contribution in [0, 0.1) is 0 Å². The highest BCUT2D eigenvalue weighted by molar-refractivity contribution is 6.73. The third-order valence-corrected chi connectivity index (χ3v) is 10.2. The van der Waals surface area contributed by atoms with Crippen molar-refractivity contribution in [1.82, 2.24) is 0 Å². The molecule has 0 bridgehead atoms. The van der Waals surface area contributed by atoms with E-state index in [0.717, 1.165) is 61.4 Å². The van der Waals surface area contributed by atoms with Crippen molar-refractivity contribution in [3.63, 3.8) is 0 Å². The predicted octanol–water partition coefficient (Wildman–Crippen LogP) is 5.09. The Morgan fingerprint density at radius 1 is 1.12 bits per heavy atom. The van der Waals surface area contributed by atoms with E-state index in [2.05, 4.69) is 27.7 Å². The van der Waals surface area contributed by atoms with E-state index in [4.69, 9.17) is 9.53 Å². The number of ketones is 1. The Morgan fingerprint density at radius 3 is 2.25 bits per heavy atom. The smallest absolute Gasteiger partial charge is 0.303 e. The molecule has 0 saturated carbocycles. The summed E-state index contributed by atoms with van der Waals surface area (Å²) >= 11 is 0. The SMILES string of the molecule is CC[Si](CC)(CC)OC1CC(=O)C(CCCCCCC(=O)O)=C1C. The van der Waals surface area contributed by atoms with Crippen molar-refractivity contribution in [2.75, 3.05) is 0 Å². The zero-order valence-corrected chi connectivity index (χ0v) is 16.8. The number of unbranched alkanes of at least 4 members (excludes halogenated alkanes) is 3. The van der Waals surface area contributed by atoms with Crippen LogP contribution in [0.5, 0.6) is 0 Å². The summed E-state index contributed by atoms with van der Waals surface area (Å²) in [6.07, 6.45) is 5.18. The van der Waals surface area contributed by atoms with Crippen LogP contribution in [0.3, 0.4) is 0 Å². The minimum atomic E-state index is -1.69. The maximum Gasteiger partial charge on any atom is 0.303 e. The van der Waals surface area contributed by atoms with Crippen LogP contribution in [0.4, 0.5) is 0 Å². The van der Waals surface area contributed by atoms with E-state index in [-0.39, 0.29) is 18.3 Å². The number of carboxylic acid groups (broad SMARTS) is 1. The minimum Gasteiger partial charge on any atom is -0.481 e. The van der Waals surface area contributed by atoms with Crippen molar-refractivity contribution < 1.29 is 19.1 Å². The Hall–Kier alpha value is -0.943. The molecule has 1 aliphatic rings. The van der Waals surface area contributed by atoms with Crippen LogP contribution in [0.1, 0.15) is 72.6 Å². The number of rotatable bonds is 12. The summed E-state index contributed by atoms with van der Waals surface area (Å²) in [6, 6.07) is 3.32. The van der Waals surface area contributed by atoms with Crippen molar-refractivity contribution in [3.05, 3.63) is 11.1 Å². The van der Waals surface area contributed by atoms with Crippen LogP contribution in [0.2, 0.25) is 18.1 Å². The lowest BCUT2D eigenvalue weighted by Gasteiger charge is -2.32. The normalized spacial score (nSPS) is 18.5. The molecule has 1 N–H and O–H groups in total. The summed E-state index contributed by atoms with van der Waals surface area (Å²) in [5.74, 6) is -0.468. The second kappa shape index (κ2) is 10.1. The average molecular weight is 355 g/mol. The van der Waals surface area contributed by atoms with Crippen molar-refractivity contribution in [3.8, 4) is 0 Å². The number of hydrogen-bond acceptors (Lipinski definition) is 3. The van der Waals surface area contributed by atoms with Crippen LogP contribution < -0.4 is 0 Å². The molecule has 0 aliphatic heterocycles. The third kappa shape index (κ3) is 5.85. The van der Waals surface area contributed by atoms with E-state index in [0.29, 0.717) is 6.42 Å². The second-order valence-corrected chi connectivity index (χ2v) is 11.7. The predicted molar refractivity (Wildman–Crippen MR) is 99.7 cm³/mol. The summed E-state index contributed by atoms with van der Waals surface area (Å²) in [7, 11) is -1.69. The van der Waals surface area contributed by atoms with Gasteiger partial charge in [0.05, 0.1) is 6.10 Å². The molecule has 0 radical (unpaired) electrons. The molecule has 5 heteroatoms. The Labute approximate surface area is 147 Å². The Balaban J connectivity index is 2.53. The Bertz CT molecular complexity index is 458. The average Bonchev–Trinajstić information content (AvgIpc) is 2.82. The van der Waals surface area contributed by atoms with Gasteiger partial charge in [-0.05, 0) is 55.5 Å². The molecule has 0 aromatic rings. The van der Waals surface area contributed by atoms with E-state index in [9.17, 15) is 9.59 Å². The lowest BCUT2D eigenvalue weighted by Crippen LogP contribution is -2.39. The van der Waals surface area contributed by atoms with Gasteiger partial charge in [0.2, 0.25) is 0 Å². The third-order valence-electron chi connectivity index (χ3n) is 5.56. The van der Waals surface area contributed by atoms with E-state index >= 15 is 0 Å². The summed E-state index contributed by atoms with van der Waals surface area (Å²) in [6.45, 7) is 8.71. The maximum absolute atomic E-state index is 12.4. The molecule has 0 spiro atoms. The minimum absolute atomic E-state index is 0.00558. The number of aliphatic carboxylic acids is 1. The molecular formula is C19H34O4Si. The Kier molecular flexibility index (Phi) is 8.91. The molecule has 1 atom stereocenters. The first-order chi connectivity index (χ1) is 11.4. The lowest BCUT2D eigenvalue weighted by atomic mass is 10.0. The van der Waals surface area contributed by atoms with Crippen LogP contribution >= 0.6 is 0 Å². The van der Waals surface area contributed by atoms with Gasteiger partial charge in [0.25, 0.3) is 0 Å². The first-order valence-corrected chi connectivity index (χ1v) is 12.0. The second-order valence-electron chi connectivity index (χ2n) is 6.95. The van der Waals surface area contributed by atoms with E-state index in [1.807, 2.05) is 0 Å². The van der Waals surface area contributed by atoms with Gasteiger partial charge in [-0.2, -0.15) is 0 Å². The van der Waals surface area contributed by atoms with Gasteiger partial charge in [-0.1, -0.05) is 33.6 Å². The standard InChI is InChI=1S/C19H34O4Si/c1-5-24(6-2,7-3)23-18-14-17(20)16(15(18)4)12-10-8-9-11-13-19(21)22/h18H,5-14H2,1-4H3,(H,21,22). The van der Waals surface area contributed by atoms with E-state index in [1.54, 1.807) is 0 Å². The van der Waals surface area contributed by atoms with Crippen LogP contribution in [-0.2, 0) is 14.0 Å². The highest BCUT2D eigenvalue weighted by Crippen LogP contribution is 2.34. The largest absolute Gasteiger partial charge is 0.481 e. The maximum atomic E-state index is 12.4. The number of hydrogen-bond donors (Lipinski definition) is 1. The van der Waals surface area contributed by atoms with Gasteiger partial charge in [0.1, 0.15) is 0 Å². The van der Waals surface area contributed by atoms with Crippen LogP contribution in [-0.4, -0.2) is 31.3 Å². The molecule has 0 aromatic carbocycles. The number of carbonyl (C=O) groups is 2. The molecule has 1 unspecified atom stereocenters. The summed E-state index contributed by atoms with van der Waals surface area (Å²) in [5.41, 5.74) is 2.13. The van der Waals surface area contributed by atoms with Gasteiger partial charge < -0.3 is 9.53 Å². The topological polar surface area (TPSA) is 63.6 Å². The van der Waals surface area contributed by atoms with Gasteiger partial charge in [0.15, 0.2) is 14.1 Å². The number of Topliss-reactive ketones (excluding diaryl/α,β-unsaturated/α-hetero) is 1. The molecule has 138 valence electrons. The van der Waals surface area contributed by atoms with E-state index < -0.39 is 14.3 Å². The first-order valence-electron chi connectivity index (χ1n) is 9.51. The van der Waals surface area contributed by atoms with Crippen molar-refractivity contribution in [2.24, 2.45) is 0 Å². The van der Waals surface area contributed by atoms with Gasteiger partial charge >= 0.3 is 5.97 Å². The van der Waals surface area contributed by atoms with Gasteiger partial charge in [-0.15, -0.1) is 0 Å². The fourth-order valence-electron chi connectivity index (χ4n) is 3.56. The molecule has 0 fully saturated rings. The molecule has 0 heterocycles. The summed E-state index contributed by atoms with van der Waals surface area (Å²) in [5, 5.41) is 8.63. The molecule has 0 amide bonds. The zero-order chi connectivity index (χ0) is 18.2. The zero-order valence-electron chi connectivity index (χ0n) is 15.8. The fourth-order valence-corrected chi connectivity index (χ4v) is 6.42. The quantitative estimate of drug-likeness (QED) is 0.391. The van der Waals surface area contributed by atoms with Crippen molar-refractivity contribution in [2.45, 2.75) is 96.9 Å². The molecule has 1 aliphatic carbocycles. The van der Waals surface area contributed by atoms with Crippen molar-refractivity contribution >= 4 is 20.1 Å². The molecule has 0 aromatic heterocycles. The number of carbonyl (C=O) groups excluding carboxylic acids is 1. The van der Waals surface area contributed by atoms with Crippen molar-refractivity contribution in [1.29, 1.82) is 0 Å². The highest BCUT2D eigenvalue weighted by Gasteiger charge is 2.37. The van der Waals surface area contributed by atoms with E-state index in [1.165, 1.54) is 0 Å². The first kappa shape index (κ1) is 21.1.